The van der Waals surface area contributed by atoms with Gasteiger partial charge in [-0.2, -0.15) is 0 Å². The van der Waals surface area contributed by atoms with Crippen molar-refractivity contribution in [1.82, 2.24) is 0 Å². The maximum absolute atomic E-state index is 6.00. The number of nitrogens with two attached hydrogens (primary N) is 1. The van der Waals surface area contributed by atoms with Gasteiger partial charge in [0.15, 0.2) is 0 Å². The first-order chi connectivity index (χ1) is 7.31. The molecule has 2 N–H and O–H groups in total. The molecule has 0 aliphatic carbocycles. The zero-order chi connectivity index (χ0) is 10.7. The molecule has 80 valence electrons. The van der Waals surface area contributed by atoms with Crippen LogP contribution in [0.15, 0.2) is 24.3 Å². The van der Waals surface area contributed by atoms with Crippen LogP contribution in [-0.2, 0) is 0 Å². The van der Waals surface area contributed by atoms with Crippen molar-refractivity contribution in [3.63, 3.8) is 0 Å². The van der Waals surface area contributed by atoms with Crippen molar-refractivity contribution in [1.29, 1.82) is 0 Å². The lowest BCUT2D eigenvalue weighted by Gasteiger charge is -2.18. The van der Waals surface area contributed by atoms with Crippen LogP contribution in [0.4, 0.5) is 11.4 Å². The number of nitrogens with zero attached hydrogens (tertiary/aromatic N) is 1. The van der Waals surface area contributed by atoms with Gasteiger partial charge in [-0.05, 0) is 37.5 Å². The van der Waals surface area contributed by atoms with E-state index in [4.69, 9.17) is 5.73 Å². The van der Waals surface area contributed by atoms with Gasteiger partial charge in [-0.15, -0.1) is 0 Å². The van der Waals surface area contributed by atoms with Gasteiger partial charge in [0.05, 0.1) is 0 Å². The van der Waals surface area contributed by atoms with Gasteiger partial charge in [0.25, 0.3) is 0 Å². The molecule has 0 saturated carbocycles. The van der Waals surface area contributed by atoms with Crippen molar-refractivity contribution in [2.45, 2.75) is 19.8 Å². The highest BCUT2D eigenvalue weighted by molar-refractivity contribution is 5.69. The lowest BCUT2D eigenvalue weighted by atomic mass is 10.1. The van der Waals surface area contributed by atoms with Crippen molar-refractivity contribution in [2.24, 2.45) is 0 Å². The summed E-state index contributed by atoms with van der Waals surface area (Å²) in [6.07, 6.45) is 6.66. The Balaban J connectivity index is 2.24. The standard InChI is InChI=1S/C13H18N2/c1-2-5-11-6-7-12(10-13(11)14)15-8-3-4-9-15/h2,5-7,10H,3-4,8-9,14H2,1H3/b5-2+. The molecule has 0 aromatic heterocycles. The quantitative estimate of drug-likeness (QED) is 0.747. The molecule has 0 unspecified atom stereocenters. The molecule has 2 heteroatoms. The molecule has 1 fully saturated rings. The number of allylic oxidation sites excluding steroid dienone is 1. The van der Waals surface area contributed by atoms with Crippen LogP contribution in [0.25, 0.3) is 6.08 Å². The fraction of sp³-hybridized carbons (Fsp3) is 0.385. The summed E-state index contributed by atoms with van der Waals surface area (Å²) in [5.41, 5.74) is 9.24. The zero-order valence-electron chi connectivity index (χ0n) is 9.24. The van der Waals surface area contributed by atoms with Crippen LogP contribution in [0.1, 0.15) is 25.3 Å². The molecule has 1 aromatic rings. The third-order valence-electron chi connectivity index (χ3n) is 2.89. The van der Waals surface area contributed by atoms with Crippen molar-refractivity contribution in [2.75, 3.05) is 23.7 Å². The number of hydrogen-bond acceptors (Lipinski definition) is 2. The van der Waals surface area contributed by atoms with E-state index in [2.05, 4.69) is 23.1 Å². The van der Waals surface area contributed by atoms with Gasteiger partial charge in [0.1, 0.15) is 0 Å². The minimum Gasteiger partial charge on any atom is -0.398 e. The van der Waals surface area contributed by atoms with Gasteiger partial charge in [-0.3, -0.25) is 0 Å². The molecule has 2 nitrogen and oxygen atoms in total. The summed E-state index contributed by atoms with van der Waals surface area (Å²) in [7, 11) is 0. The highest BCUT2D eigenvalue weighted by atomic mass is 15.1. The predicted molar refractivity (Wildman–Crippen MR) is 67.0 cm³/mol. The molecule has 0 atom stereocenters. The highest BCUT2D eigenvalue weighted by Crippen LogP contribution is 2.25. The third-order valence-corrected chi connectivity index (χ3v) is 2.89. The molecule has 0 bridgehead atoms. The Morgan fingerprint density at radius 2 is 2.00 bits per heavy atom. The second-order valence-corrected chi connectivity index (χ2v) is 4.01. The van der Waals surface area contributed by atoms with E-state index < -0.39 is 0 Å². The van der Waals surface area contributed by atoms with E-state index in [9.17, 15) is 0 Å². The molecule has 1 aromatic carbocycles. The van der Waals surface area contributed by atoms with Crippen LogP contribution in [0.5, 0.6) is 0 Å². The van der Waals surface area contributed by atoms with E-state index in [0.717, 1.165) is 11.3 Å². The molecule has 15 heavy (non-hydrogen) atoms. The Kier molecular flexibility index (Phi) is 2.95. The van der Waals surface area contributed by atoms with E-state index in [0.29, 0.717) is 0 Å². The smallest absolute Gasteiger partial charge is 0.0408 e. The summed E-state index contributed by atoms with van der Waals surface area (Å²) in [6.45, 7) is 4.35. The number of rotatable bonds is 2. The van der Waals surface area contributed by atoms with Gasteiger partial charge in [0.2, 0.25) is 0 Å². The second kappa shape index (κ2) is 4.39. The lowest BCUT2D eigenvalue weighted by Crippen LogP contribution is -2.17. The molecule has 1 aliphatic rings. The lowest BCUT2D eigenvalue weighted by molar-refractivity contribution is 0.949. The summed E-state index contributed by atoms with van der Waals surface area (Å²) in [5.74, 6) is 0. The molecule has 1 aliphatic heterocycles. The summed E-state index contributed by atoms with van der Waals surface area (Å²) in [6, 6.07) is 6.35. The average molecular weight is 202 g/mol. The van der Waals surface area contributed by atoms with Gasteiger partial charge >= 0.3 is 0 Å². The average Bonchev–Trinajstić information content (AvgIpc) is 2.74. The van der Waals surface area contributed by atoms with E-state index in [-0.39, 0.29) is 0 Å². The Labute approximate surface area is 91.4 Å². The van der Waals surface area contributed by atoms with E-state index in [1.54, 1.807) is 0 Å². The highest BCUT2D eigenvalue weighted by Gasteiger charge is 2.12. The summed E-state index contributed by atoms with van der Waals surface area (Å²) >= 11 is 0. The van der Waals surface area contributed by atoms with Crippen LogP contribution in [0, 0.1) is 0 Å². The fourth-order valence-corrected chi connectivity index (χ4v) is 2.07. The maximum atomic E-state index is 6.00. The predicted octanol–water partition coefficient (Wildman–Crippen LogP) is 2.90. The van der Waals surface area contributed by atoms with Crippen molar-refractivity contribution in [3.8, 4) is 0 Å². The minimum atomic E-state index is 0.873. The maximum Gasteiger partial charge on any atom is 0.0408 e. The Bertz CT molecular complexity index is 363. The topological polar surface area (TPSA) is 29.3 Å². The molecule has 0 spiro atoms. The normalized spacial score (nSPS) is 16.5. The van der Waals surface area contributed by atoms with Gasteiger partial charge in [0, 0.05) is 24.5 Å². The minimum absolute atomic E-state index is 0.873. The first-order valence-electron chi connectivity index (χ1n) is 5.58. The summed E-state index contributed by atoms with van der Waals surface area (Å²) < 4.78 is 0. The third kappa shape index (κ3) is 2.14. The number of anilines is 2. The van der Waals surface area contributed by atoms with Crippen LogP contribution >= 0.6 is 0 Å². The Hall–Kier alpha value is -1.44. The van der Waals surface area contributed by atoms with E-state index >= 15 is 0 Å². The van der Waals surface area contributed by atoms with Crippen LogP contribution < -0.4 is 10.6 Å². The van der Waals surface area contributed by atoms with Crippen LogP contribution in [-0.4, -0.2) is 13.1 Å². The van der Waals surface area contributed by atoms with Gasteiger partial charge in [-0.1, -0.05) is 18.2 Å². The number of hydrogen-bond donors (Lipinski definition) is 1. The van der Waals surface area contributed by atoms with Crippen molar-refractivity contribution >= 4 is 17.5 Å². The van der Waals surface area contributed by atoms with E-state index in [1.807, 2.05) is 19.1 Å². The Morgan fingerprint density at radius 1 is 1.27 bits per heavy atom. The fourth-order valence-electron chi connectivity index (χ4n) is 2.07. The monoisotopic (exact) mass is 202 g/mol. The molecule has 1 saturated heterocycles. The number of nitrogen functional groups attached to an aromatic ring is 1. The molecule has 0 radical (unpaired) electrons. The largest absolute Gasteiger partial charge is 0.398 e. The molecule has 2 rings (SSSR count). The van der Waals surface area contributed by atoms with Crippen LogP contribution in [0.3, 0.4) is 0 Å². The molecular formula is C13H18N2. The first kappa shape index (κ1) is 10.1. The van der Waals surface area contributed by atoms with Gasteiger partial charge in [-0.25, -0.2) is 0 Å². The Morgan fingerprint density at radius 3 is 2.60 bits per heavy atom. The van der Waals surface area contributed by atoms with Gasteiger partial charge < -0.3 is 10.6 Å². The zero-order valence-corrected chi connectivity index (χ0v) is 9.24. The molecule has 0 amide bonds. The number of benzene rings is 1. The van der Waals surface area contributed by atoms with Crippen molar-refractivity contribution in [3.05, 3.63) is 29.8 Å². The second-order valence-electron chi connectivity index (χ2n) is 4.01. The molecular weight excluding hydrogens is 184 g/mol. The SMILES string of the molecule is C/C=C/c1ccc(N2CCCC2)cc1N. The van der Waals surface area contributed by atoms with E-state index in [1.165, 1.54) is 31.6 Å². The first-order valence-corrected chi connectivity index (χ1v) is 5.58. The van der Waals surface area contributed by atoms with Crippen LogP contribution in [0.2, 0.25) is 0 Å². The molecule has 1 heterocycles. The summed E-state index contributed by atoms with van der Waals surface area (Å²) in [4.78, 5) is 2.40. The van der Waals surface area contributed by atoms with Crippen molar-refractivity contribution < 1.29 is 0 Å². The summed E-state index contributed by atoms with van der Waals surface area (Å²) in [5, 5.41) is 0.